The molecule has 2 rings (SSSR count). The number of aryl methyl sites for hydroxylation is 1. The number of rotatable bonds is 6. The second-order valence-corrected chi connectivity index (χ2v) is 5.95. The molecule has 0 spiro atoms. The molecule has 0 atom stereocenters. The minimum atomic E-state index is -0.571. The van der Waals surface area contributed by atoms with E-state index < -0.39 is 10.8 Å². The lowest BCUT2D eigenvalue weighted by molar-refractivity contribution is -0.384. The van der Waals surface area contributed by atoms with Crippen LogP contribution in [0.2, 0.25) is 5.02 Å². The van der Waals surface area contributed by atoms with Gasteiger partial charge in [-0.1, -0.05) is 36.3 Å². The summed E-state index contributed by atoms with van der Waals surface area (Å²) in [7, 11) is 0. The predicted octanol–water partition coefficient (Wildman–Crippen LogP) is 3.69. The number of hydrogen-bond acceptors (Lipinski definition) is 6. The largest absolute Gasteiger partial charge is 0.296 e. The molecular formula is C13H13ClN4O3S. The van der Waals surface area contributed by atoms with Gasteiger partial charge in [-0.2, -0.15) is 0 Å². The summed E-state index contributed by atoms with van der Waals surface area (Å²) >= 11 is 7.21. The molecule has 0 bridgehead atoms. The lowest BCUT2D eigenvalue weighted by Gasteiger charge is -2.03. The molecule has 2 aromatic rings. The minimum absolute atomic E-state index is 0.0161. The maximum atomic E-state index is 12.1. The highest BCUT2D eigenvalue weighted by Gasteiger charge is 2.16. The maximum Gasteiger partial charge on any atom is 0.270 e. The number of aromatic nitrogens is 2. The fraction of sp³-hybridized carbons (Fsp3) is 0.308. The van der Waals surface area contributed by atoms with Crippen molar-refractivity contribution in [1.29, 1.82) is 0 Å². The van der Waals surface area contributed by atoms with Gasteiger partial charge in [0.15, 0.2) is 0 Å². The molecule has 116 valence electrons. The zero-order valence-electron chi connectivity index (χ0n) is 11.7. The van der Waals surface area contributed by atoms with E-state index in [1.54, 1.807) is 0 Å². The van der Waals surface area contributed by atoms with Crippen molar-refractivity contribution >= 4 is 39.7 Å². The van der Waals surface area contributed by atoms with Gasteiger partial charge in [-0.25, -0.2) is 0 Å². The summed E-state index contributed by atoms with van der Waals surface area (Å²) in [5.74, 6) is -0.474. The highest BCUT2D eigenvalue weighted by molar-refractivity contribution is 7.15. The second kappa shape index (κ2) is 7.28. The number of nitro groups is 1. The molecule has 0 aliphatic heterocycles. The van der Waals surface area contributed by atoms with Crippen LogP contribution in [0.4, 0.5) is 10.8 Å². The molecule has 1 N–H and O–H groups in total. The van der Waals surface area contributed by atoms with Crippen molar-refractivity contribution in [2.24, 2.45) is 0 Å². The van der Waals surface area contributed by atoms with E-state index in [9.17, 15) is 14.9 Å². The van der Waals surface area contributed by atoms with Gasteiger partial charge in [0, 0.05) is 18.6 Å². The molecule has 0 fully saturated rings. The number of anilines is 1. The fourth-order valence-corrected chi connectivity index (χ4v) is 2.74. The van der Waals surface area contributed by atoms with Crippen molar-refractivity contribution in [3.8, 4) is 0 Å². The molecule has 0 saturated carbocycles. The van der Waals surface area contributed by atoms with Crippen molar-refractivity contribution in [3.63, 3.8) is 0 Å². The molecular weight excluding hydrogens is 328 g/mol. The van der Waals surface area contributed by atoms with Gasteiger partial charge in [-0.15, -0.1) is 10.2 Å². The molecule has 0 aliphatic rings. The Morgan fingerprint density at radius 2 is 2.23 bits per heavy atom. The smallest absolute Gasteiger partial charge is 0.270 e. The lowest BCUT2D eigenvalue weighted by atomic mass is 10.2. The van der Waals surface area contributed by atoms with Crippen molar-refractivity contribution in [3.05, 3.63) is 43.9 Å². The van der Waals surface area contributed by atoms with E-state index in [0.29, 0.717) is 5.13 Å². The van der Waals surface area contributed by atoms with Gasteiger partial charge < -0.3 is 0 Å². The van der Waals surface area contributed by atoms with Crippen LogP contribution in [-0.4, -0.2) is 21.0 Å². The van der Waals surface area contributed by atoms with Crippen LogP contribution in [0, 0.1) is 10.1 Å². The monoisotopic (exact) mass is 340 g/mol. The summed E-state index contributed by atoms with van der Waals surface area (Å²) in [6, 6.07) is 3.69. The highest BCUT2D eigenvalue weighted by atomic mass is 35.5. The first-order chi connectivity index (χ1) is 10.5. The van der Waals surface area contributed by atoms with E-state index in [2.05, 4.69) is 22.4 Å². The van der Waals surface area contributed by atoms with Gasteiger partial charge in [0.1, 0.15) is 5.01 Å². The number of carbonyl (C=O) groups excluding carboxylic acids is 1. The van der Waals surface area contributed by atoms with E-state index in [1.165, 1.54) is 23.5 Å². The Morgan fingerprint density at radius 1 is 1.45 bits per heavy atom. The summed E-state index contributed by atoms with van der Waals surface area (Å²) in [4.78, 5) is 22.2. The number of halogens is 1. The van der Waals surface area contributed by atoms with Crippen LogP contribution in [0.5, 0.6) is 0 Å². The zero-order chi connectivity index (χ0) is 16.1. The number of nitrogens with one attached hydrogen (secondary N) is 1. The van der Waals surface area contributed by atoms with Crippen LogP contribution in [0.25, 0.3) is 0 Å². The van der Waals surface area contributed by atoms with Gasteiger partial charge in [-0.3, -0.25) is 20.2 Å². The summed E-state index contributed by atoms with van der Waals surface area (Å²) < 4.78 is 0. The summed E-state index contributed by atoms with van der Waals surface area (Å²) in [6.07, 6.45) is 2.89. The maximum absolute atomic E-state index is 12.1. The third-order valence-electron chi connectivity index (χ3n) is 2.84. The third kappa shape index (κ3) is 3.99. The van der Waals surface area contributed by atoms with E-state index in [-0.39, 0.29) is 16.3 Å². The molecule has 22 heavy (non-hydrogen) atoms. The topological polar surface area (TPSA) is 98.0 Å². The first-order valence-electron chi connectivity index (χ1n) is 6.59. The van der Waals surface area contributed by atoms with Crippen molar-refractivity contribution in [2.45, 2.75) is 26.2 Å². The molecule has 1 amide bonds. The number of non-ortho nitro benzene ring substituents is 1. The number of nitrogens with zero attached hydrogens (tertiary/aromatic N) is 3. The van der Waals surface area contributed by atoms with Gasteiger partial charge in [0.2, 0.25) is 5.13 Å². The average molecular weight is 341 g/mol. The number of carbonyl (C=O) groups is 1. The normalized spacial score (nSPS) is 10.5. The molecule has 9 heteroatoms. The number of hydrogen-bond donors (Lipinski definition) is 1. The second-order valence-electron chi connectivity index (χ2n) is 4.48. The summed E-state index contributed by atoms with van der Waals surface area (Å²) in [6.45, 7) is 2.08. The Labute approximate surface area is 135 Å². The van der Waals surface area contributed by atoms with Crippen LogP contribution in [-0.2, 0) is 6.42 Å². The lowest BCUT2D eigenvalue weighted by Crippen LogP contribution is -2.12. The van der Waals surface area contributed by atoms with Crippen LogP contribution in [0.3, 0.4) is 0 Å². The SMILES string of the molecule is CCCCc1nnc(NC(=O)c2ccc([N+](=O)[O-])cc2Cl)s1. The molecule has 0 unspecified atom stereocenters. The molecule has 1 aromatic heterocycles. The van der Waals surface area contributed by atoms with Gasteiger partial charge >= 0.3 is 0 Å². The Hall–Kier alpha value is -2.06. The standard InChI is InChI=1S/C13H13ClN4O3S/c1-2-3-4-11-16-17-13(22-11)15-12(19)9-6-5-8(18(20)21)7-10(9)14/h5-7H,2-4H2,1H3,(H,15,17,19). The first kappa shape index (κ1) is 16.3. The Kier molecular flexibility index (Phi) is 5.40. The van der Waals surface area contributed by atoms with Crippen LogP contribution in [0.15, 0.2) is 18.2 Å². The molecule has 0 aliphatic carbocycles. The number of benzene rings is 1. The quantitative estimate of drug-likeness (QED) is 0.638. The summed E-state index contributed by atoms with van der Waals surface area (Å²) in [5.41, 5.74) is -0.0168. The first-order valence-corrected chi connectivity index (χ1v) is 7.78. The Morgan fingerprint density at radius 3 is 2.86 bits per heavy atom. The molecule has 0 radical (unpaired) electrons. The number of nitro benzene ring substituents is 1. The zero-order valence-corrected chi connectivity index (χ0v) is 13.3. The third-order valence-corrected chi connectivity index (χ3v) is 4.05. The Balaban J connectivity index is 2.09. The molecule has 1 heterocycles. The van der Waals surface area contributed by atoms with Crippen LogP contribution in [0.1, 0.15) is 35.1 Å². The van der Waals surface area contributed by atoms with Gasteiger partial charge in [-0.05, 0) is 12.5 Å². The van der Waals surface area contributed by atoms with Crippen molar-refractivity contribution < 1.29 is 9.72 Å². The highest BCUT2D eigenvalue weighted by Crippen LogP contribution is 2.24. The van der Waals surface area contributed by atoms with Crippen LogP contribution >= 0.6 is 22.9 Å². The van der Waals surface area contributed by atoms with E-state index in [1.807, 2.05) is 0 Å². The predicted molar refractivity (Wildman–Crippen MR) is 84.6 cm³/mol. The number of unbranched alkanes of at least 4 members (excludes halogenated alkanes) is 1. The van der Waals surface area contributed by atoms with Crippen LogP contribution < -0.4 is 5.32 Å². The molecule has 0 saturated heterocycles. The van der Waals surface area contributed by atoms with E-state index in [0.717, 1.165) is 30.3 Å². The average Bonchev–Trinajstić information content (AvgIpc) is 2.92. The van der Waals surface area contributed by atoms with E-state index >= 15 is 0 Å². The number of amides is 1. The van der Waals surface area contributed by atoms with Gasteiger partial charge in [0.05, 0.1) is 15.5 Å². The Bertz CT molecular complexity index is 704. The van der Waals surface area contributed by atoms with Gasteiger partial charge in [0.25, 0.3) is 11.6 Å². The van der Waals surface area contributed by atoms with Crippen molar-refractivity contribution in [2.75, 3.05) is 5.32 Å². The minimum Gasteiger partial charge on any atom is -0.296 e. The fourth-order valence-electron chi connectivity index (χ4n) is 1.70. The molecule has 7 nitrogen and oxygen atoms in total. The van der Waals surface area contributed by atoms with Crippen molar-refractivity contribution in [1.82, 2.24) is 10.2 Å². The molecule has 1 aromatic carbocycles. The summed E-state index contributed by atoms with van der Waals surface area (Å²) in [5, 5.41) is 22.4. The van der Waals surface area contributed by atoms with E-state index in [4.69, 9.17) is 11.6 Å².